The summed E-state index contributed by atoms with van der Waals surface area (Å²) < 4.78 is 14.3. The Morgan fingerprint density at radius 1 is 1.07 bits per heavy atom. The van der Waals surface area contributed by atoms with Gasteiger partial charge in [-0.25, -0.2) is 0 Å². The van der Waals surface area contributed by atoms with Crippen molar-refractivity contribution in [3.05, 3.63) is 93.6 Å². The van der Waals surface area contributed by atoms with Crippen LogP contribution in [0.2, 0.25) is 5.02 Å². The Morgan fingerprint density at radius 2 is 1.90 bits per heavy atom. The molecule has 5 aliphatic rings. The average molecular weight is 576 g/mol. The van der Waals surface area contributed by atoms with Crippen LogP contribution in [0.4, 0.5) is 0 Å². The molecule has 3 aromatic carbocycles. The number of nitrogens with one attached hydrogen (secondary N) is 1. The Labute approximate surface area is 244 Å². The second-order valence-corrected chi connectivity index (χ2v) is 12.8. The third kappa shape index (κ3) is 3.18. The Balaban J connectivity index is 0.00000245. The molecule has 2 bridgehead atoms. The molecule has 1 aromatic heterocycles. The van der Waals surface area contributed by atoms with Crippen LogP contribution in [0.1, 0.15) is 53.3 Å². The number of hydrogen-bond acceptors (Lipinski definition) is 4. The second-order valence-electron chi connectivity index (χ2n) is 12.4. The van der Waals surface area contributed by atoms with Crippen LogP contribution in [-0.4, -0.2) is 39.7 Å². The van der Waals surface area contributed by atoms with Crippen LogP contribution in [-0.2, 0) is 29.6 Å². The highest BCUT2D eigenvalue weighted by Crippen LogP contribution is 2.70. The number of rotatable bonds is 5. The van der Waals surface area contributed by atoms with Gasteiger partial charge in [0, 0.05) is 40.5 Å². The summed E-state index contributed by atoms with van der Waals surface area (Å²) in [6.45, 7) is 2.68. The van der Waals surface area contributed by atoms with Crippen molar-refractivity contribution in [1.82, 2.24) is 9.88 Å². The molecule has 2 N–H and O–H groups in total. The first kappa shape index (κ1) is 25.0. The molecule has 7 heteroatoms. The van der Waals surface area contributed by atoms with E-state index in [4.69, 9.17) is 21.1 Å². The molecule has 1 saturated carbocycles. The quantitative estimate of drug-likeness (QED) is 0.273. The van der Waals surface area contributed by atoms with Crippen LogP contribution >= 0.6 is 24.0 Å². The number of para-hydroxylation sites is 1. The third-order valence-electron chi connectivity index (χ3n) is 10.4. The lowest BCUT2D eigenvalue weighted by Gasteiger charge is -2.64. The van der Waals surface area contributed by atoms with E-state index in [0.717, 1.165) is 60.1 Å². The molecule has 0 unspecified atom stereocenters. The maximum absolute atomic E-state index is 11.1. The van der Waals surface area contributed by atoms with E-state index in [2.05, 4.69) is 52.3 Å². The fraction of sp³-hybridized carbons (Fsp3) is 0.394. The number of aromatic nitrogens is 1. The van der Waals surface area contributed by atoms with Crippen molar-refractivity contribution in [3.8, 4) is 11.5 Å². The second kappa shape index (κ2) is 8.65. The first-order chi connectivity index (χ1) is 19.1. The number of piperidine rings is 1. The lowest BCUT2D eigenvalue weighted by Crippen LogP contribution is -2.75. The van der Waals surface area contributed by atoms with Gasteiger partial charge >= 0.3 is 0 Å². The molecular formula is C33H32Cl2N2O3. The van der Waals surface area contributed by atoms with Gasteiger partial charge in [-0.1, -0.05) is 48.0 Å². The Kier molecular flexibility index (Phi) is 5.42. The summed E-state index contributed by atoms with van der Waals surface area (Å²) in [6.07, 6.45) is 5.11. The van der Waals surface area contributed by atoms with E-state index in [1.54, 1.807) is 0 Å². The number of benzene rings is 3. The molecule has 9 rings (SSSR count). The zero-order chi connectivity index (χ0) is 25.9. The summed E-state index contributed by atoms with van der Waals surface area (Å²) in [5.74, 6) is 1.70. The molecule has 0 radical (unpaired) electrons. The van der Waals surface area contributed by atoms with Crippen LogP contribution in [0.3, 0.4) is 0 Å². The lowest BCUT2D eigenvalue weighted by atomic mass is 9.48. The van der Waals surface area contributed by atoms with Crippen molar-refractivity contribution in [2.75, 3.05) is 13.1 Å². The van der Waals surface area contributed by atoms with Crippen LogP contribution < -0.4 is 4.74 Å². The standard InChI is InChI=1S/C33H31ClN2O3.ClH/c34-22-10-7-20(8-11-22)18-38-33-16-24-23-3-1-2-4-25(23)35-29(24)31-32(33)13-14-36(17-19-5-6-19)27(33)15-21-9-12-26(37)30(39-31)28(21)32;/h1-4,7-12,19,27,31,35,37H,5-6,13-18H2;1H/t27-,31+,32+,33-;/m1./s1. The van der Waals surface area contributed by atoms with Gasteiger partial charge in [0.25, 0.3) is 0 Å². The minimum absolute atomic E-state index is 0. The summed E-state index contributed by atoms with van der Waals surface area (Å²) in [4.78, 5) is 6.51. The molecule has 4 atom stereocenters. The minimum Gasteiger partial charge on any atom is -0.504 e. The monoisotopic (exact) mass is 574 g/mol. The minimum atomic E-state index is -0.492. The molecule has 3 aliphatic carbocycles. The number of nitrogens with zero attached hydrogens (tertiary/aromatic N) is 1. The third-order valence-corrected chi connectivity index (χ3v) is 10.7. The maximum atomic E-state index is 11.1. The van der Waals surface area contributed by atoms with Gasteiger partial charge in [0.2, 0.25) is 0 Å². The van der Waals surface area contributed by atoms with Gasteiger partial charge in [0.05, 0.1) is 17.7 Å². The van der Waals surface area contributed by atoms with E-state index >= 15 is 0 Å². The zero-order valence-corrected chi connectivity index (χ0v) is 23.7. The van der Waals surface area contributed by atoms with Gasteiger partial charge in [-0.05, 0) is 79.1 Å². The van der Waals surface area contributed by atoms with Crippen LogP contribution in [0.5, 0.6) is 11.5 Å². The SMILES string of the molecule is Cl.Oc1ccc2c3c1O[C@H]1c4[nH]c5ccccc5c4C[C@@]4(OCc5ccc(Cl)cc5)[C@@H](C2)N(CC2CC2)CC[C@]314. The first-order valence-electron chi connectivity index (χ1n) is 14.3. The van der Waals surface area contributed by atoms with Crippen LogP contribution in [0.25, 0.3) is 10.9 Å². The predicted molar refractivity (Wildman–Crippen MR) is 158 cm³/mol. The molecule has 0 amide bonds. The summed E-state index contributed by atoms with van der Waals surface area (Å²) in [7, 11) is 0. The Hall–Kier alpha value is -2.70. The van der Waals surface area contributed by atoms with Crippen molar-refractivity contribution >= 4 is 34.9 Å². The van der Waals surface area contributed by atoms with E-state index < -0.39 is 5.60 Å². The number of aromatic hydroxyl groups is 1. The average Bonchev–Trinajstić information content (AvgIpc) is 3.59. The number of hydrogen-bond donors (Lipinski definition) is 2. The molecule has 1 spiro atoms. The van der Waals surface area contributed by atoms with Gasteiger partial charge in [-0.15, -0.1) is 12.4 Å². The number of ether oxygens (including phenoxy) is 2. The van der Waals surface area contributed by atoms with E-state index in [1.165, 1.54) is 34.9 Å². The zero-order valence-electron chi connectivity index (χ0n) is 22.2. The molecule has 5 nitrogen and oxygen atoms in total. The molecule has 1 saturated heterocycles. The van der Waals surface area contributed by atoms with Gasteiger partial charge in [0.1, 0.15) is 5.60 Å². The highest BCUT2D eigenvalue weighted by atomic mass is 35.5. The van der Waals surface area contributed by atoms with Crippen molar-refractivity contribution in [1.29, 1.82) is 0 Å². The summed E-state index contributed by atoms with van der Waals surface area (Å²) >= 11 is 6.23. The Bertz CT molecular complexity index is 1650. The molecule has 3 heterocycles. The molecule has 4 aromatic rings. The summed E-state index contributed by atoms with van der Waals surface area (Å²) in [6, 6.07) is 20.8. The predicted octanol–water partition coefficient (Wildman–Crippen LogP) is 6.87. The highest BCUT2D eigenvalue weighted by Gasteiger charge is 2.74. The molecule has 206 valence electrons. The van der Waals surface area contributed by atoms with E-state index in [9.17, 15) is 5.11 Å². The van der Waals surface area contributed by atoms with Crippen molar-refractivity contribution in [3.63, 3.8) is 0 Å². The van der Waals surface area contributed by atoms with Crippen molar-refractivity contribution < 1.29 is 14.6 Å². The number of likely N-dealkylation sites (tertiary alicyclic amines) is 1. The normalized spacial score (nSPS) is 29.4. The molecule has 40 heavy (non-hydrogen) atoms. The topological polar surface area (TPSA) is 57.7 Å². The number of phenolic OH excluding ortho intramolecular Hbond substituents is 1. The fourth-order valence-corrected chi connectivity index (χ4v) is 8.74. The molecule has 2 aliphatic heterocycles. The lowest BCUT2D eigenvalue weighted by molar-refractivity contribution is -0.210. The number of fused-ring (bicyclic) bond motifs is 4. The number of halogens is 2. The maximum Gasteiger partial charge on any atom is 0.166 e. The Morgan fingerprint density at radius 3 is 2.73 bits per heavy atom. The summed E-state index contributed by atoms with van der Waals surface area (Å²) in [5, 5.41) is 13.1. The van der Waals surface area contributed by atoms with Gasteiger partial charge in [-0.3, -0.25) is 4.90 Å². The van der Waals surface area contributed by atoms with Crippen molar-refractivity contribution in [2.45, 2.75) is 61.9 Å². The van der Waals surface area contributed by atoms with E-state index in [-0.39, 0.29) is 35.7 Å². The number of aromatic amines is 1. The van der Waals surface area contributed by atoms with Gasteiger partial charge in [0.15, 0.2) is 17.6 Å². The van der Waals surface area contributed by atoms with E-state index in [0.29, 0.717) is 12.4 Å². The smallest absolute Gasteiger partial charge is 0.166 e. The number of H-pyrrole nitrogens is 1. The largest absolute Gasteiger partial charge is 0.504 e. The van der Waals surface area contributed by atoms with Gasteiger partial charge in [-0.2, -0.15) is 0 Å². The van der Waals surface area contributed by atoms with Crippen molar-refractivity contribution in [2.24, 2.45) is 5.92 Å². The molecular weight excluding hydrogens is 543 g/mol. The fourth-order valence-electron chi connectivity index (χ4n) is 8.61. The van der Waals surface area contributed by atoms with E-state index in [1.807, 2.05) is 18.2 Å². The highest BCUT2D eigenvalue weighted by molar-refractivity contribution is 6.30. The molecule has 2 fully saturated rings. The van der Waals surface area contributed by atoms with Crippen LogP contribution in [0.15, 0.2) is 60.7 Å². The number of phenols is 1. The van der Waals surface area contributed by atoms with Crippen LogP contribution in [0, 0.1) is 5.92 Å². The first-order valence-corrected chi connectivity index (χ1v) is 14.7. The van der Waals surface area contributed by atoms with Gasteiger partial charge < -0.3 is 19.6 Å². The summed E-state index contributed by atoms with van der Waals surface area (Å²) in [5.41, 5.74) is 6.35.